The largest absolute Gasteiger partial charge is 0.493 e. The molecule has 3 fully saturated rings. The summed E-state index contributed by atoms with van der Waals surface area (Å²) in [6.07, 6.45) is 9.55. The number of anilines is 1. The number of ether oxygens (including phenoxy) is 3. The second kappa shape index (κ2) is 9.82. The number of methoxy groups -OCH3 is 2. The molecule has 3 aliphatic rings. The molecule has 2 saturated heterocycles. The molecule has 3 aromatic rings. The summed E-state index contributed by atoms with van der Waals surface area (Å²) >= 11 is 0. The van der Waals surface area contributed by atoms with Crippen LogP contribution in [0.15, 0.2) is 48.7 Å². The van der Waals surface area contributed by atoms with E-state index < -0.39 is 5.41 Å². The lowest BCUT2D eigenvalue weighted by Gasteiger charge is -2.47. The van der Waals surface area contributed by atoms with E-state index in [0.717, 1.165) is 36.6 Å². The maximum absolute atomic E-state index is 13.6. The zero-order chi connectivity index (χ0) is 26.3. The molecule has 2 amide bonds. The van der Waals surface area contributed by atoms with Crippen LogP contribution < -0.4 is 19.5 Å². The van der Waals surface area contributed by atoms with Gasteiger partial charge in [-0.2, -0.15) is 0 Å². The summed E-state index contributed by atoms with van der Waals surface area (Å²) in [5.41, 5.74) is 0.462. The Bertz CT molecular complexity index is 1350. The van der Waals surface area contributed by atoms with Gasteiger partial charge in [0.2, 0.25) is 11.8 Å². The Labute approximate surface area is 222 Å². The fourth-order valence-corrected chi connectivity index (χ4v) is 6.08. The van der Waals surface area contributed by atoms with Crippen LogP contribution in [0.1, 0.15) is 51.4 Å². The number of carbonyl (C=O) groups is 2. The lowest BCUT2D eigenvalue weighted by atomic mass is 9.83. The first kappa shape index (κ1) is 24.5. The highest BCUT2D eigenvalue weighted by atomic mass is 16.5. The normalized spacial score (nSPS) is 21.5. The second-order valence-corrected chi connectivity index (χ2v) is 10.6. The van der Waals surface area contributed by atoms with Crippen molar-refractivity contribution in [3.8, 4) is 23.0 Å². The average molecular weight is 516 g/mol. The van der Waals surface area contributed by atoms with Crippen molar-refractivity contribution < 1.29 is 23.8 Å². The van der Waals surface area contributed by atoms with E-state index in [1.807, 2.05) is 12.1 Å². The number of rotatable bonds is 7. The van der Waals surface area contributed by atoms with Crippen LogP contribution in [0.5, 0.6) is 23.0 Å². The third kappa shape index (κ3) is 4.31. The molecule has 0 radical (unpaired) electrons. The van der Waals surface area contributed by atoms with Gasteiger partial charge in [0, 0.05) is 35.4 Å². The molecule has 2 aliphatic heterocycles. The predicted octanol–water partition coefficient (Wildman–Crippen LogP) is 5.70. The molecule has 0 spiro atoms. The molecule has 6 rings (SSSR count). The first-order valence-electron chi connectivity index (χ1n) is 13.5. The van der Waals surface area contributed by atoms with E-state index >= 15 is 0 Å². The molecule has 3 heterocycles. The van der Waals surface area contributed by atoms with Crippen LogP contribution >= 0.6 is 0 Å². The number of nitrogens with one attached hydrogen (secondary N) is 1. The zero-order valence-electron chi connectivity index (χ0n) is 21.9. The van der Waals surface area contributed by atoms with Gasteiger partial charge in [0.1, 0.15) is 16.9 Å². The van der Waals surface area contributed by atoms with Crippen molar-refractivity contribution in [2.24, 2.45) is 5.41 Å². The maximum atomic E-state index is 13.6. The van der Waals surface area contributed by atoms with Crippen molar-refractivity contribution >= 4 is 28.4 Å². The van der Waals surface area contributed by atoms with Crippen LogP contribution in [0, 0.1) is 5.41 Å². The van der Waals surface area contributed by atoms with Crippen molar-refractivity contribution in [2.45, 2.75) is 63.5 Å². The van der Waals surface area contributed by atoms with Gasteiger partial charge in [-0.1, -0.05) is 0 Å². The van der Waals surface area contributed by atoms with Gasteiger partial charge in [0.15, 0.2) is 11.5 Å². The summed E-state index contributed by atoms with van der Waals surface area (Å²) < 4.78 is 17.0. The van der Waals surface area contributed by atoms with Crippen molar-refractivity contribution in [2.75, 3.05) is 19.5 Å². The topological polar surface area (TPSA) is 90.0 Å². The van der Waals surface area contributed by atoms with Crippen LogP contribution in [-0.4, -0.2) is 48.0 Å². The quantitative estimate of drug-likeness (QED) is 0.406. The zero-order valence-corrected chi connectivity index (χ0v) is 21.9. The number of fused-ring (bicyclic) bond motifs is 3. The minimum absolute atomic E-state index is 0.0426. The summed E-state index contributed by atoms with van der Waals surface area (Å²) in [7, 11) is 3.18. The molecule has 2 aromatic carbocycles. The first-order chi connectivity index (χ1) is 18.5. The summed E-state index contributed by atoms with van der Waals surface area (Å²) in [6, 6.07) is 13.3. The molecule has 38 heavy (non-hydrogen) atoms. The second-order valence-electron chi connectivity index (χ2n) is 10.6. The Morgan fingerprint density at radius 2 is 1.53 bits per heavy atom. The minimum atomic E-state index is -0.906. The first-order valence-corrected chi connectivity index (χ1v) is 13.5. The van der Waals surface area contributed by atoms with E-state index in [9.17, 15) is 9.59 Å². The van der Waals surface area contributed by atoms with Crippen LogP contribution in [0.25, 0.3) is 10.9 Å². The maximum Gasteiger partial charge on any atom is 0.240 e. The van der Waals surface area contributed by atoms with E-state index in [1.54, 1.807) is 50.7 Å². The summed E-state index contributed by atoms with van der Waals surface area (Å²) in [5, 5.41) is 3.79. The average Bonchev–Trinajstić information content (AvgIpc) is 3.75. The molecule has 0 atom stereocenters. The van der Waals surface area contributed by atoms with Gasteiger partial charge < -0.3 is 24.4 Å². The van der Waals surface area contributed by atoms with Crippen LogP contribution in [-0.2, 0) is 9.59 Å². The van der Waals surface area contributed by atoms with Crippen LogP contribution in [0.2, 0.25) is 0 Å². The van der Waals surface area contributed by atoms with Gasteiger partial charge in [-0.3, -0.25) is 14.6 Å². The standard InChI is InChI=1S/C30H33N3O5/c1-36-26-17-23-24(18-27(26)37-2)31-16-13-25(23)38-22-11-9-19(10-12-22)32-28(34)30(14-15-30)29(35)33-20-5-3-6-21(33)8-4-7-20/h9-13,16-18,20-21H,3-8,14-15H2,1-2H3,(H,32,34)/t20-,21+. The molecule has 2 bridgehead atoms. The summed E-state index contributed by atoms with van der Waals surface area (Å²) in [4.78, 5) is 33.4. The number of pyridine rings is 1. The molecule has 1 aromatic heterocycles. The molecule has 8 nitrogen and oxygen atoms in total. The fraction of sp³-hybridized carbons (Fsp3) is 0.433. The Morgan fingerprint density at radius 1 is 0.895 bits per heavy atom. The van der Waals surface area contributed by atoms with Crippen LogP contribution in [0.3, 0.4) is 0 Å². The summed E-state index contributed by atoms with van der Waals surface area (Å²) in [5.74, 6) is 2.28. The lowest BCUT2D eigenvalue weighted by molar-refractivity contribution is -0.150. The van der Waals surface area contributed by atoms with E-state index in [-0.39, 0.29) is 11.8 Å². The monoisotopic (exact) mass is 515 g/mol. The molecular formula is C30H33N3O5. The molecule has 8 heteroatoms. The van der Waals surface area contributed by atoms with Gasteiger partial charge in [-0.25, -0.2) is 0 Å². The number of amides is 2. The van der Waals surface area contributed by atoms with E-state index in [2.05, 4.69) is 15.2 Å². The SMILES string of the molecule is COc1cc2nccc(Oc3ccc(NC(=O)C4(C(=O)N5[C@H]6CCC[C@@H]5CCC6)CC4)cc3)c2cc1OC. The van der Waals surface area contributed by atoms with Gasteiger partial charge in [-0.05, 0) is 87.8 Å². The van der Waals surface area contributed by atoms with E-state index in [0.29, 0.717) is 53.6 Å². The number of hydrogen-bond acceptors (Lipinski definition) is 6. The number of hydrogen-bond donors (Lipinski definition) is 1. The molecule has 1 aliphatic carbocycles. The minimum Gasteiger partial charge on any atom is -0.493 e. The van der Waals surface area contributed by atoms with Crippen molar-refractivity contribution in [1.29, 1.82) is 0 Å². The predicted molar refractivity (Wildman–Crippen MR) is 144 cm³/mol. The van der Waals surface area contributed by atoms with Crippen molar-refractivity contribution in [3.63, 3.8) is 0 Å². The Kier molecular flexibility index (Phi) is 6.33. The Balaban J connectivity index is 1.16. The Morgan fingerprint density at radius 3 is 2.13 bits per heavy atom. The highest BCUT2D eigenvalue weighted by molar-refractivity contribution is 6.13. The number of aromatic nitrogens is 1. The van der Waals surface area contributed by atoms with Crippen LogP contribution in [0.4, 0.5) is 5.69 Å². The molecule has 1 N–H and O–H groups in total. The lowest BCUT2D eigenvalue weighted by Crippen LogP contribution is -2.56. The van der Waals surface area contributed by atoms with Crippen molar-refractivity contribution in [1.82, 2.24) is 9.88 Å². The number of nitrogens with zero attached hydrogens (tertiary/aromatic N) is 2. The number of benzene rings is 2. The number of piperidine rings is 2. The van der Waals surface area contributed by atoms with Gasteiger partial charge in [0.25, 0.3) is 0 Å². The number of carbonyl (C=O) groups excluding carboxylic acids is 2. The summed E-state index contributed by atoms with van der Waals surface area (Å²) in [6.45, 7) is 0. The third-order valence-corrected chi connectivity index (χ3v) is 8.31. The highest BCUT2D eigenvalue weighted by Gasteiger charge is 2.60. The molecule has 0 unspecified atom stereocenters. The van der Waals surface area contributed by atoms with Gasteiger partial charge in [0.05, 0.1) is 19.7 Å². The van der Waals surface area contributed by atoms with E-state index in [1.165, 1.54) is 12.8 Å². The van der Waals surface area contributed by atoms with Gasteiger partial charge >= 0.3 is 0 Å². The molecule has 1 saturated carbocycles. The Hall–Kier alpha value is -3.81. The van der Waals surface area contributed by atoms with Gasteiger partial charge in [-0.15, -0.1) is 0 Å². The highest BCUT2D eigenvalue weighted by Crippen LogP contribution is 2.50. The smallest absolute Gasteiger partial charge is 0.240 e. The third-order valence-electron chi connectivity index (χ3n) is 8.31. The van der Waals surface area contributed by atoms with Crippen molar-refractivity contribution in [3.05, 3.63) is 48.7 Å². The fourth-order valence-electron chi connectivity index (χ4n) is 6.08. The molecular weight excluding hydrogens is 482 g/mol. The van der Waals surface area contributed by atoms with E-state index in [4.69, 9.17) is 14.2 Å². The molecule has 198 valence electrons.